The number of hydrogen-bond acceptors (Lipinski definition) is 3. The van der Waals surface area contributed by atoms with Crippen molar-refractivity contribution in [2.75, 3.05) is 5.43 Å². The van der Waals surface area contributed by atoms with Gasteiger partial charge in [-0.1, -0.05) is 20.8 Å². The number of nitrogens with zero attached hydrogens (tertiary/aromatic N) is 1. The summed E-state index contributed by atoms with van der Waals surface area (Å²) in [6, 6.07) is 4.87. The van der Waals surface area contributed by atoms with E-state index in [1.807, 2.05) is 20.8 Å². The first kappa shape index (κ1) is 13.2. The van der Waals surface area contributed by atoms with Gasteiger partial charge in [-0.3, -0.25) is 0 Å². The third-order valence-corrected chi connectivity index (χ3v) is 3.47. The van der Waals surface area contributed by atoms with Crippen molar-refractivity contribution in [2.45, 2.75) is 26.2 Å². The average Bonchev–Trinajstić information content (AvgIpc) is 2.31. The average molecular weight is 312 g/mol. The summed E-state index contributed by atoms with van der Waals surface area (Å²) >= 11 is 3.37. The Hall–Kier alpha value is -1.20. The van der Waals surface area contributed by atoms with Crippen molar-refractivity contribution >= 4 is 32.7 Å². The third kappa shape index (κ3) is 2.20. The minimum Gasteiger partial charge on any atom is -0.308 e. The quantitative estimate of drug-likeness (QED) is 0.623. The molecule has 0 bridgehead atoms. The number of nitrogens with one attached hydrogen (secondary N) is 1. The Morgan fingerprint density at radius 3 is 2.56 bits per heavy atom. The molecule has 3 N–H and O–H groups in total. The minimum absolute atomic E-state index is 0.169. The Balaban J connectivity index is 2.86. The topological polar surface area (TPSA) is 50.9 Å². The first-order valence-electron chi connectivity index (χ1n) is 5.60. The zero-order chi connectivity index (χ0) is 13.5. The van der Waals surface area contributed by atoms with Crippen LogP contribution < -0.4 is 11.3 Å². The van der Waals surface area contributed by atoms with E-state index in [1.165, 1.54) is 6.07 Å². The predicted octanol–water partition coefficient (Wildman–Crippen LogP) is 3.72. The smallest absolute Gasteiger partial charge is 0.144 e. The Morgan fingerprint density at radius 2 is 2.00 bits per heavy atom. The van der Waals surface area contributed by atoms with Crippen molar-refractivity contribution in [1.82, 2.24) is 4.98 Å². The van der Waals surface area contributed by atoms with Crippen LogP contribution in [-0.4, -0.2) is 4.98 Å². The molecule has 0 aliphatic heterocycles. The van der Waals surface area contributed by atoms with Gasteiger partial charge < -0.3 is 5.43 Å². The van der Waals surface area contributed by atoms with E-state index in [0.29, 0.717) is 16.7 Å². The molecular weight excluding hydrogens is 297 g/mol. The highest BCUT2D eigenvalue weighted by atomic mass is 79.9. The number of aromatic nitrogens is 1. The Labute approximate surface area is 114 Å². The molecular formula is C13H15BrFN3. The maximum Gasteiger partial charge on any atom is 0.144 e. The second-order valence-corrected chi connectivity index (χ2v) is 6.06. The van der Waals surface area contributed by atoms with Crippen molar-refractivity contribution in [3.8, 4) is 0 Å². The number of hydrazine groups is 1. The summed E-state index contributed by atoms with van der Waals surface area (Å²) < 4.78 is 14.6. The number of fused-ring (bicyclic) bond motifs is 1. The van der Waals surface area contributed by atoms with Crippen LogP contribution in [0.5, 0.6) is 0 Å². The van der Waals surface area contributed by atoms with E-state index in [0.717, 1.165) is 10.0 Å². The highest BCUT2D eigenvalue weighted by Crippen LogP contribution is 2.34. The second kappa shape index (κ2) is 4.48. The van der Waals surface area contributed by atoms with Gasteiger partial charge in [-0.2, -0.15) is 0 Å². The van der Waals surface area contributed by atoms with Crippen LogP contribution in [0.25, 0.3) is 10.9 Å². The first-order valence-corrected chi connectivity index (χ1v) is 6.39. The predicted molar refractivity (Wildman–Crippen MR) is 75.9 cm³/mol. The fourth-order valence-corrected chi connectivity index (χ4v) is 2.31. The van der Waals surface area contributed by atoms with Crippen molar-refractivity contribution in [1.29, 1.82) is 0 Å². The lowest BCUT2D eigenvalue weighted by molar-refractivity contribution is 0.589. The van der Waals surface area contributed by atoms with Crippen LogP contribution in [0.3, 0.4) is 0 Å². The molecule has 0 saturated heterocycles. The van der Waals surface area contributed by atoms with E-state index >= 15 is 0 Å². The third-order valence-electron chi connectivity index (χ3n) is 2.83. The number of pyridine rings is 1. The van der Waals surface area contributed by atoms with Crippen molar-refractivity contribution in [3.05, 3.63) is 34.1 Å². The van der Waals surface area contributed by atoms with E-state index in [-0.39, 0.29) is 11.2 Å². The molecule has 0 amide bonds. The Kier molecular flexibility index (Phi) is 3.29. The number of rotatable bonds is 1. The Morgan fingerprint density at radius 1 is 1.33 bits per heavy atom. The molecule has 0 aliphatic rings. The van der Waals surface area contributed by atoms with Crippen molar-refractivity contribution < 1.29 is 4.39 Å². The van der Waals surface area contributed by atoms with Gasteiger partial charge in [-0.25, -0.2) is 15.2 Å². The van der Waals surface area contributed by atoms with Crippen LogP contribution in [0.4, 0.5) is 10.2 Å². The van der Waals surface area contributed by atoms with E-state index < -0.39 is 0 Å². The standard InChI is InChI=1S/C13H15BrFN3/c1-13(2,3)8-6-7-10(15)5-4-9(14)11(7)17-12(8)18-16/h4-6H,16H2,1-3H3,(H,17,18). The molecule has 18 heavy (non-hydrogen) atoms. The fraction of sp³-hybridized carbons (Fsp3) is 0.308. The number of nitrogens with two attached hydrogens (primary N) is 1. The van der Waals surface area contributed by atoms with Crippen molar-refractivity contribution in [3.63, 3.8) is 0 Å². The maximum absolute atomic E-state index is 13.9. The molecule has 0 unspecified atom stereocenters. The van der Waals surface area contributed by atoms with Gasteiger partial charge in [0, 0.05) is 15.4 Å². The van der Waals surface area contributed by atoms with Crippen LogP contribution in [0.1, 0.15) is 26.3 Å². The minimum atomic E-state index is -0.283. The molecule has 0 fully saturated rings. The molecule has 96 valence electrons. The molecule has 5 heteroatoms. The number of hydrogen-bond donors (Lipinski definition) is 2. The van der Waals surface area contributed by atoms with Gasteiger partial charge in [-0.05, 0) is 39.5 Å². The lowest BCUT2D eigenvalue weighted by Crippen LogP contribution is -2.19. The summed E-state index contributed by atoms with van der Waals surface area (Å²) in [5.41, 5.74) is 3.87. The van der Waals surface area contributed by atoms with Gasteiger partial charge in [0.1, 0.15) is 11.6 Å². The van der Waals surface area contributed by atoms with Gasteiger partial charge in [0.05, 0.1) is 5.52 Å². The van der Waals surface area contributed by atoms with Crippen LogP contribution in [0.2, 0.25) is 0 Å². The zero-order valence-corrected chi connectivity index (χ0v) is 12.1. The Bertz CT molecular complexity index is 605. The highest BCUT2D eigenvalue weighted by molar-refractivity contribution is 9.10. The van der Waals surface area contributed by atoms with Gasteiger partial charge >= 0.3 is 0 Å². The van der Waals surface area contributed by atoms with Crippen molar-refractivity contribution in [2.24, 2.45) is 5.84 Å². The van der Waals surface area contributed by atoms with Gasteiger partial charge in [0.25, 0.3) is 0 Å². The maximum atomic E-state index is 13.9. The van der Waals surface area contributed by atoms with E-state index in [4.69, 9.17) is 5.84 Å². The monoisotopic (exact) mass is 311 g/mol. The summed E-state index contributed by atoms with van der Waals surface area (Å²) in [7, 11) is 0. The normalized spacial score (nSPS) is 11.9. The molecule has 0 saturated carbocycles. The molecule has 2 rings (SSSR count). The second-order valence-electron chi connectivity index (χ2n) is 5.20. The molecule has 1 heterocycles. The van der Waals surface area contributed by atoms with Crippen LogP contribution in [0, 0.1) is 5.82 Å². The van der Waals surface area contributed by atoms with Crippen LogP contribution >= 0.6 is 15.9 Å². The molecule has 0 spiro atoms. The van der Waals surface area contributed by atoms with E-state index in [2.05, 4.69) is 26.3 Å². The van der Waals surface area contributed by atoms with E-state index in [9.17, 15) is 4.39 Å². The molecule has 0 atom stereocenters. The SMILES string of the molecule is CC(C)(C)c1cc2c(F)ccc(Br)c2nc1NN. The molecule has 1 aromatic heterocycles. The largest absolute Gasteiger partial charge is 0.308 e. The van der Waals surface area contributed by atoms with Gasteiger partial charge in [0.15, 0.2) is 0 Å². The number of benzene rings is 1. The number of nitrogen functional groups attached to an aromatic ring is 1. The first-order chi connectivity index (χ1) is 8.34. The highest BCUT2D eigenvalue weighted by Gasteiger charge is 2.21. The summed E-state index contributed by atoms with van der Waals surface area (Å²) in [5, 5.41) is 0.494. The fourth-order valence-electron chi connectivity index (χ4n) is 1.87. The summed E-state index contributed by atoms with van der Waals surface area (Å²) in [5.74, 6) is 5.79. The molecule has 2 aromatic rings. The molecule has 0 aliphatic carbocycles. The summed E-state index contributed by atoms with van der Waals surface area (Å²) in [4.78, 5) is 4.40. The van der Waals surface area contributed by atoms with Gasteiger partial charge in [0.2, 0.25) is 0 Å². The zero-order valence-electron chi connectivity index (χ0n) is 10.5. The van der Waals surface area contributed by atoms with Crippen LogP contribution in [0.15, 0.2) is 22.7 Å². The van der Waals surface area contributed by atoms with E-state index in [1.54, 1.807) is 12.1 Å². The lowest BCUT2D eigenvalue weighted by atomic mass is 9.86. The molecule has 3 nitrogen and oxygen atoms in total. The molecule has 0 radical (unpaired) electrons. The number of anilines is 1. The molecule has 1 aromatic carbocycles. The van der Waals surface area contributed by atoms with Crippen LogP contribution in [-0.2, 0) is 5.41 Å². The van der Waals surface area contributed by atoms with Gasteiger partial charge in [-0.15, -0.1) is 0 Å². The number of halogens is 2. The summed E-state index contributed by atoms with van der Waals surface area (Å²) in [6.07, 6.45) is 0. The lowest BCUT2D eigenvalue weighted by Gasteiger charge is -2.22. The summed E-state index contributed by atoms with van der Waals surface area (Å²) in [6.45, 7) is 6.10.